The van der Waals surface area contributed by atoms with Gasteiger partial charge in [-0.1, -0.05) is 23.7 Å². The number of methoxy groups -OCH3 is 1. The molecule has 7 heteroatoms. The van der Waals surface area contributed by atoms with E-state index in [-0.39, 0.29) is 12.4 Å². The van der Waals surface area contributed by atoms with Crippen molar-refractivity contribution in [2.24, 2.45) is 0 Å². The molecule has 0 spiro atoms. The zero-order valence-electron chi connectivity index (χ0n) is 15.8. The van der Waals surface area contributed by atoms with Crippen molar-refractivity contribution in [2.45, 2.75) is 31.0 Å². The summed E-state index contributed by atoms with van der Waals surface area (Å²) >= 11 is 6.09. The standard InChI is InChI=1S/C22H19ClN2O4/c1-28-16-8-6-15(7-9-16)25-20(13-2-4-14(23)5-3-13)19-17(24-25)10-11-22(27)12-18(26)29-21(19)22/h2-9,21,27H,10-12H2,1H3. The molecular formula is C22H19ClN2O4. The molecule has 2 aromatic carbocycles. The molecule has 1 N–H and O–H groups in total. The van der Waals surface area contributed by atoms with Crippen LogP contribution in [0.1, 0.15) is 30.2 Å². The minimum absolute atomic E-state index is 0.00484. The first-order valence-corrected chi connectivity index (χ1v) is 9.80. The normalized spacial score (nSPS) is 22.7. The molecule has 0 bridgehead atoms. The molecule has 5 rings (SSSR count). The van der Waals surface area contributed by atoms with E-state index in [1.165, 1.54) is 0 Å². The van der Waals surface area contributed by atoms with Crippen molar-refractivity contribution in [3.63, 3.8) is 0 Å². The van der Waals surface area contributed by atoms with Crippen LogP contribution in [-0.2, 0) is 16.0 Å². The van der Waals surface area contributed by atoms with Crippen LogP contribution in [0.25, 0.3) is 16.9 Å². The van der Waals surface area contributed by atoms with E-state index in [4.69, 9.17) is 26.2 Å². The molecule has 3 aromatic rings. The minimum atomic E-state index is -1.20. The van der Waals surface area contributed by atoms with Gasteiger partial charge in [-0.3, -0.25) is 4.79 Å². The highest BCUT2D eigenvalue weighted by molar-refractivity contribution is 6.30. The number of hydrogen-bond acceptors (Lipinski definition) is 5. The molecule has 2 atom stereocenters. The number of fused-ring (bicyclic) bond motifs is 3. The number of halogens is 1. The number of carbonyl (C=O) groups is 1. The zero-order valence-corrected chi connectivity index (χ0v) is 16.5. The summed E-state index contributed by atoms with van der Waals surface area (Å²) in [6.45, 7) is 0. The summed E-state index contributed by atoms with van der Waals surface area (Å²) in [5, 5.41) is 16.5. The van der Waals surface area contributed by atoms with E-state index in [0.29, 0.717) is 17.9 Å². The van der Waals surface area contributed by atoms with E-state index in [1.807, 2.05) is 53.2 Å². The molecule has 1 aliphatic carbocycles. The number of hydrogen-bond donors (Lipinski definition) is 1. The number of benzene rings is 2. The Morgan fingerprint density at radius 2 is 1.93 bits per heavy atom. The van der Waals surface area contributed by atoms with Crippen LogP contribution in [0.15, 0.2) is 48.5 Å². The summed E-state index contributed by atoms with van der Waals surface area (Å²) in [6, 6.07) is 15.0. The lowest BCUT2D eigenvalue weighted by atomic mass is 9.79. The third kappa shape index (κ3) is 2.91. The Balaban J connectivity index is 1.74. The topological polar surface area (TPSA) is 73.6 Å². The summed E-state index contributed by atoms with van der Waals surface area (Å²) in [6.07, 6.45) is 0.292. The van der Waals surface area contributed by atoms with Crippen molar-refractivity contribution >= 4 is 17.6 Å². The Morgan fingerprint density at radius 3 is 2.62 bits per heavy atom. The van der Waals surface area contributed by atoms with Gasteiger partial charge in [0.1, 0.15) is 11.4 Å². The van der Waals surface area contributed by atoms with E-state index in [1.54, 1.807) is 7.11 Å². The SMILES string of the molecule is COc1ccc(-n2nc3c(c2-c2ccc(Cl)cc2)C2OC(=O)CC2(O)CC3)cc1. The highest BCUT2D eigenvalue weighted by Gasteiger charge is 2.53. The van der Waals surface area contributed by atoms with Crippen molar-refractivity contribution in [1.29, 1.82) is 0 Å². The van der Waals surface area contributed by atoms with Crippen molar-refractivity contribution in [3.05, 3.63) is 64.8 Å². The number of aryl methyl sites for hydroxylation is 1. The second kappa shape index (κ2) is 6.61. The van der Waals surface area contributed by atoms with E-state index in [9.17, 15) is 9.90 Å². The number of ether oxygens (including phenoxy) is 2. The lowest BCUT2D eigenvalue weighted by Crippen LogP contribution is -2.36. The lowest BCUT2D eigenvalue weighted by Gasteiger charge is -2.31. The Hall–Kier alpha value is -2.83. The van der Waals surface area contributed by atoms with Crippen LogP contribution in [0.3, 0.4) is 0 Å². The number of carbonyl (C=O) groups excluding carboxylic acids is 1. The first-order chi connectivity index (χ1) is 14.0. The Bertz CT molecular complexity index is 1090. The van der Waals surface area contributed by atoms with Crippen LogP contribution in [0.5, 0.6) is 5.75 Å². The van der Waals surface area contributed by atoms with Crippen LogP contribution in [0.4, 0.5) is 0 Å². The molecule has 29 heavy (non-hydrogen) atoms. The quantitative estimate of drug-likeness (QED) is 0.663. The molecule has 1 aromatic heterocycles. The van der Waals surface area contributed by atoms with Gasteiger partial charge in [0.25, 0.3) is 0 Å². The first-order valence-electron chi connectivity index (χ1n) is 9.42. The lowest BCUT2D eigenvalue weighted by molar-refractivity contribution is -0.143. The van der Waals surface area contributed by atoms with Gasteiger partial charge in [0, 0.05) is 16.1 Å². The molecule has 0 saturated carbocycles. The van der Waals surface area contributed by atoms with Gasteiger partial charge in [0.05, 0.1) is 30.6 Å². The summed E-state index contributed by atoms with van der Waals surface area (Å²) in [7, 11) is 1.62. The number of nitrogens with zero attached hydrogens (tertiary/aromatic N) is 2. The van der Waals surface area contributed by atoms with Crippen LogP contribution in [-0.4, -0.2) is 33.6 Å². The van der Waals surface area contributed by atoms with E-state index in [0.717, 1.165) is 34.0 Å². The van der Waals surface area contributed by atoms with Gasteiger partial charge in [-0.2, -0.15) is 5.10 Å². The molecule has 1 aliphatic heterocycles. The molecule has 0 radical (unpaired) electrons. The highest BCUT2D eigenvalue weighted by Crippen LogP contribution is 2.50. The van der Waals surface area contributed by atoms with Gasteiger partial charge in [0.15, 0.2) is 6.10 Å². The maximum Gasteiger partial charge on any atom is 0.309 e. The predicted molar refractivity (Wildman–Crippen MR) is 107 cm³/mol. The van der Waals surface area contributed by atoms with Gasteiger partial charge in [-0.25, -0.2) is 4.68 Å². The highest BCUT2D eigenvalue weighted by atomic mass is 35.5. The largest absolute Gasteiger partial charge is 0.497 e. The second-order valence-corrected chi connectivity index (χ2v) is 7.91. The van der Waals surface area contributed by atoms with Crippen molar-refractivity contribution in [1.82, 2.24) is 9.78 Å². The van der Waals surface area contributed by atoms with E-state index < -0.39 is 11.7 Å². The zero-order chi connectivity index (χ0) is 20.2. The molecule has 2 aliphatic rings. The fraction of sp³-hybridized carbons (Fsp3) is 0.273. The van der Waals surface area contributed by atoms with Crippen molar-refractivity contribution in [3.8, 4) is 22.7 Å². The molecular weight excluding hydrogens is 392 g/mol. The van der Waals surface area contributed by atoms with Crippen LogP contribution >= 0.6 is 11.6 Å². The fourth-order valence-corrected chi connectivity index (χ4v) is 4.36. The Kier molecular flexibility index (Phi) is 4.15. The predicted octanol–water partition coefficient (Wildman–Crippen LogP) is 3.87. The van der Waals surface area contributed by atoms with Crippen LogP contribution in [0.2, 0.25) is 5.02 Å². The maximum atomic E-state index is 12.0. The third-order valence-corrected chi connectivity index (χ3v) is 5.93. The number of rotatable bonds is 3. The molecule has 2 heterocycles. The second-order valence-electron chi connectivity index (χ2n) is 7.48. The maximum absolute atomic E-state index is 12.0. The van der Waals surface area contributed by atoms with Crippen LogP contribution in [0, 0.1) is 0 Å². The molecule has 1 saturated heterocycles. The average Bonchev–Trinajstić information content (AvgIpc) is 3.25. The van der Waals surface area contributed by atoms with Gasteiger partial charge in [-0.05, 0) is 49.2 Å². The monoisotopic (exact) mass is 410 g/mol. The Morgan fingerprint density at radius 1 is 1.21 bits per heavy atom. The van der Waals surface area contributed by atoms with E-state index >= 15 is 0 Å². The summed E-state index contributed by atoms with van der Waals surface area (Å²) in [4.78, 5) is 12.0. The fourth-order valence-electron chi connectivity index (χ4n) is 4.24. The molecule has 148 valence electrons. The van der Waals surface area contributed by atoms with Gasteiger partial charge in [0.2, 0.25) is 0 Å². The number of aliphatic hydroxyl groups is 1. The van der Waals surface area contributed by atoms with Crippen LogP contribution < -0.4 is 4.74 Å². The van der Waals surface area contributed by atoms with E-state index in [2.05, 4.69) is 0 Å². The first kappa shape index (κ1) is 18.2. The molecule has 6 nitrogen and oxygen atoms in total. The smallest absolute Gasteiger partial charge is 0.309 e. The molecule has 1 fully saturated rings. The van der Waals surface area contributed by atoms with Crippen molar-refractivity contribution < 1.29 is 19.4 Å². The van der Waals surface area contributed by atoms with Gasteiger partial charge < -0.3 is 14.6 Å². The summed E-state index contributed by atoms with van der Waals surface area (Å²) in [5.41, 5.74) is 2.92. The summed E-state index contributed by atoms with van der Waals surface area (Å²) < 4.78 is 12.7. The number of esters is 1. The molecule has 0 amide bonds. The summed E-state index contributed by atoms with van der Waals surface area (Å²) in [5.74, 6) is 0.363. The number of aromatic nitrogens is 2. The minimum Gasteiger partial charge on any atom is -0.497 e. The third-order valence-electron chi connectivity index (χ3n) is 5.68. The van der Waals surface area contributed by atoms with Crippen molar-refractivity contribution in [2.75, 3.05) is 7.11 Å². The van der Waals surface area contributed by atoms with Gasteiger partial charge in [-0.15, -0.1) is 0 Å². The van der Waals surface area contributed by atoms with Gasteiger partial charge >= 0.3 is 5.97 Å². The Labute approximate surface area is 172 Å². The molecule has 2 unspecified atom stereocenters. The average molecular weight is 411 g/mol.